The lowest BCUT2D eigenvalue weighted by Crippen LogP contribution is -2.45. The molecule has 0 unspecified atom stereocenters. The Balaban J connectivity index is 1.80. The molecule has 0 spiro atoms. The van der Waals surface area contributed by atoms with Crippen LogP contribution in [-0.2, 0) is 0 Å². The largest absolute Gasteiger partial charge is 0.454 e. The molecule has 2 aromatic carbocycles. The van der Waals surface area contributed by atoms with E-state index >= 15 is 0 Å². The van der Waals surface area contributed by atoms with Crippen molar-refractivity contribution in [1.82, 2.24) is 4.90 Å². The predicted octanol–water partition coefficient (Wildman–Crippen LogP) is 2.64. The molecule has 0 fully saturated rings. The van der Waals surface area contributed by atoms with Gasteiger partial charge in [-0.1, -0.05) is 18.2 Å². The number of hydrogen-bond donors (Lipinski definition) is 0. The highest BCUT2D eigenvalue weighted by Gasteiger charge is 2.34. The zero-order valence-corrected chi connectivity index (χ0v) is 12.4. The molecule has 0 radical (unpaired) electrons. The minimum Gasteiger partial charge on any atom is -0.454 e. The average Bonchev–Trinajstić information content (AvgIpc) is 3.01. The lowest BCUT2D eigenvalue weighted by atomic mass is 10.0. The Hall–Kier alpha value is -2.69. The topological polar surface area (TPSA) is 42.0 Å². The lowest BCUT2D eigenvalue weighted by Gasteiger charge is -2.42. The molecule has 2 aromatic rings. The molecule has 0 N–H and O–H groups in total. The quantitative estimate of drug-likeness (QED) is 0.811. The highest BCUT2D eigenvalue weighted by Crippen LogP contribution is 2.40. The van der Waals surface area contributed by atoms with Crippen molar-refractivity contribution >= 4 is 11.6 Å². The normalized spacial score (nSPS) is 19.4. The summed E-state index contributed by atoms with van der Waals surface area (Å²) in [5, 5.41) is 0. The molecule has 2 aliphatic rings. The fourth-order valence-corrected chi connectivity index (χ4v) is 3.18. The van der Waals surface area contributed by atoms with E-state index < -0.39 is 0 Å². The number of nitrogens with zero attached hydrogens (tertiary/aromatic N) is 2. The summed E-state index contributed by atoms with van der Waals surface area (Å²) < 4.78 is 10.8. The number of amides is 1. The van der Waals surface area contributed by atoms with Crippen molar-refractivity contribution < 1.29 is 14.3 Å². The van der Waals surface area contributed by atoms with Crippen molar-refractivity contribution in [1.29, 1.82) is 0 Å². The molecule has 2 aliphatic heterocycles. The number of hydrogen-bond acceptors (Lipinski definition) is 4. The Morgan fingerprint density at radius 3 is 2.64 bits per heavy atom. The predicted molar refractivity (Wildman–Crippen MR) is 82.2 cm³/mol. The van der Waals surface area contributed by atoms with Gasteiger partial charge in [0.2, 0.25) is 6.79 Å². The summed E-state index contributed by atoms with van der Waals surface area (Å²) in [7, 11) is 3.82. The third-order valence-corrected chi connectivity index (χ3v) is 4.26. The average molecular weight is 296 g/mol. The highest BCUT2D eigenvalue weighted by molar-refractivity contribution is 6.01. The van der Waals surface area contributed by atoms with Gasteiger partial charge in [0, 0.05) is 14.1 Å². The number of carbonyl (C=O) groups is 1. The van der Waals surface area contributed by atoms with Gasteiger partial charge in [0.05, 0.1) is 11.3 Å². The summed E-state index contributed by atoms with van der Waals surface area (Å²) in [4.78, 5) is 16.5. The van der Waals surface area contributed by atoms with E-state index in [2.05, 4.69) is 4.90 Å². The Bertz CT molecular complexity index is 759. The molecular weight excluding hydrogens is 280 g/mol. The molecule has 1 atom stereocenters. The van der Waals surface area contributed by atoms with E-state index in [4.69, 9.17) is 9.47 Å². The molecular formula is C17H16N2O3. The second-order valence-corrected chi connectivity index (χ2v) is 5.53. The van der Waals surface area contributed by atoms with Crippen molar-refractivity contribution in [3.63, 3.8) is 0 Å². The van der Waals surface area contributed by atoms with E-state index in [0.29, 0.717) is 0 Å². The van der Waals surface area contributed by atoms with Crippen LogP contribution in [0.25, 0.3) is 0 Å². The lowest BCUT2D eigenvalue weighted by molar-refractivity contribution is 0.0711. The molecule has 0 aliphatic carbocycles. The monoisotopic (exact) mass is 296 g/mol. The van der Waals surface area contributed by atoms with Gasteiger partial charge >= 0.3 is 0 Å². The Kier molecular flexibility index (Phi) is 2.76. The van der Waals surface area contributed by atoms with E-state index in [9.17, 15) is 4.79 Å². The fraction of sp³-hybridized carbons (Fsp3) is 0.235. The van der Waals surface area contributed by atoms with Crippen LogP contribution in [0.5, 0.6) is 11.5 Å². The Morgan fingerprint density at radius 1 is 1.00 bits per heavy atom. The van der Waals surface area contributed by atoms with Gasteiger partial charge in [0.1, 0.15) is 6.17 Å². The standard InChI is InChI=1S/C17H16N2O3/c1-18-13-6-4-3-5-12(13)17(20)19(2)16(18)11-7-8-14-15(9-11)22-10-21-14/h3-9,16H,10H2,1-2H3/t16-/m1/s1. The summed E-state index contributed by atoms with van der Waals surface area (Å²) >= 11 is 0. The first-order valence-corrected chi connectivity index (χ1v) is 7.15. The summed E-state index contributed by atoms with van der Waals surface area (Å²) in [5.74, 6) is 1.50. The molecule has 0 saturated carbocycles. The number of fused-ring (bicyclic) bond motifs is 2. The minimum absolute atomic E-state index is 0.0244. The Morgan fingerprint density at radius 2 is 1.77 bits per heavy atom. The second-order valence-electron chi connectivity index (χ2n) is 5.53. The van der Waals surface area contributed by atoms with Crippen LogP contribution >= 0.6 is 0 Å². The smallest absolute Gasteiger partial charge is 0.257 e. The third kappa shape index (κ3) is 1.75. The zero-order chi connectivity index (χ0) is 15.3. The van der Waals surface area contributed by atoms with Gasteiger partial charge < -0.3 is 19.3 Å². The van der Waals surface area contributed by atoms with Crippen LogP contribution in [0.1, 0.15) is 22.1 Å². The van der Waals surface area contributed by atoms with Crippen LogP contribution < -0.4 is 14.4 Å². The summed E-state index contributed by atoms with van der Waals surface area (Å²) in [5.41, 5.74) is 2.66. The summed E-state index contributed by atoms with van der Waals surface area (Å²) in [6.07, 6.45) is -0.170. The minimum atomic E-state index is -0.170. The SMILES string of the molecule is CN1C(=O)c2ccccc2N(C)[C@H]1c1ccc2c(c1)OCO2. The second kappa shape index (κ2) is 4.66. The third-order valence-electron chi connectivity index (χ3n) is 4.26. The van der Waals surface area contributed by atoms with Crippen LogP contribution in [-0.4, -0.2) is 31.7 Å². The van der Waals surface area contributed by atoms with Crippen LogP contribution in [0.2, 0.25) is 0 Å². The van der Waals surface area contributed by atoms with Gasteiger partial charge in [-0.15, -0.1) is 0 Å². The molecule has 5 nitrogen and oxygen atoms in total. The maximum atomic E-state index is 12.6. The summed E-state index contributed by atoms with van der Waals surface area (Å²) in [6, 6.07) is 13.5. The highest BCUT2D eigenvalue weighted by atomic mass is 16.7. The summed E-state index contributed by atoms with van der Waals surface area (Å²) in [6.45, 7) is 0.247. The first kappa shape index (κ1) is 13.0. The van der Waals surface area contributed by atoms with Gasteiger partial charge in [-0.25, -0.2) is 0 Å². The van der Waals surface area contributed by atoms with Crippen molar-refractivity contribution in [3.05, 3.63) is 53.6 Å². The molecule has 1 amide bonds. The van der Waals surface area contributed by atoms with Crippen molar-refractivity contribution in [3.8, 4) is 11.5 Å². The number of benzene rings is 2. The van der Waals surface area contributed by atoms with Gasteiger partial charge in [0.25, 0.3) is 5.91 Å². The van der Waals surface area contributed by atoms with E-state index in [1.807, 2.05) is 56.6 Å². The number of ether oxygens (including phenoxy) is 2. The number of para-hydroxylation sites is 1. The van der Waals surface area contributed by atoms with Gasteiger partial charge in [0.15, 0.2) is 11.5 Å². The van der Waals surface area contributed by atoms with Crippen LogP contribution in [0.15, 0.2) is 42.5 Å². The zero-order valence-electron chi connectivity index (χ0n) is 12.4. The number of anilines is 1. The van der Waals surface area contributed by atoms with Crippen LogP contribution in [0.4, 0.5) is 5.69 Å². The molecule has 112 valence electrons. The van der Waals surface area contributed by atoms with E-state index in [1.165, 1.54) is 0 Å². The van der Waals surface area contributed by atoms with E-state index in [-0.39, 0.29) is 18.9 Å². The van der Waals surface area contributed by atoms with Crippen LogP contribution in [0.3, 0.4) is 0 Å². The van der Waals surface area contributed by atoms with Crippen LogP contribution in [0, 0.1) is 0 Å². The molecule has 4 rings (SSSR count). The van der Waals surface area contributed by atoms with Crippen molar-refractivity contribution in [2.45, 2.75) is 6.17 Å². The fourth-order valence-electron chi connectivity index (χ4n) is 3.18. The molecule has 0 saturated heterocycles. The Labute approximate surface area is 128 Å². The maximum absolute atomic E-state index is 12.6. The maximum Gasteiger partial charge on any atom is 0.257 e. The molecule has 0 aromatic heterocycles. The first-order valence-electron chi connectivity index (χ1n) is 7.15. The number of carbonyl (C=O) groups excluding carboxylic acids is 1. The molecule has 0 bridgehead atoms. The molecule has 5 heteroatoms. The number of rotatable bonds is 1. The molecule has 22 heavy (non-hydrogen) atoms. The van der Waals surface area contributed by atoms with Gasteiger partial charge in [-0.2, -0.15) is 0 Å². The van der Waals surface area contributed by atoms with E-state index in [1.54, 1.807) is 4.90 Å². The van der Waals surface area contributed by atoms with E-state index in [0.717, 1.165) is 28.3 Å². The van der Waals surface area contributed by atoms with Crippen molar-refractivity contribution in [2.24, 2.45) is 0 Å². The molecule has 2 heterocycles. The first-order chi connectivity index (χ1) is 10.7. The van der Waals surface area contributed by atoms with Gasteiger partial charge in [-0.05, 0) is 29.8 Å². The van der Waals surface area contributed by atoms with Crippen molar-refractivity contribution in [2.75, 3.05) is 25.8 Å². The van der Waals surface area contributed by atoms with Gasteiger partial charge in [-0.3, -0.25) is 4.79 Å².